The third-order valence-electron chi connectivity index (χ3n) is 35.7. The predicted octanol–water partition coefficient (Wildman–Crippen LogP) is 29.1. The molecular weight excluding hydrogens is 1840 g/mol. The van der Waals surface area contributed by atoms with Crippen molar-refractivity contribution in [1.82, 2.24) is 60.4 Å². The van der Waals surface area contributed by atoms with Crippen molar-refractivity contribution in [1.29, 1.82) is 0 Å². The van der Waals surface area contributed by atoms with Crippen LogP contribution < -0.4 is 21.3 Å². The summed E-state index contributed by atoms with van der Waals surface area (Å²) >= 11 is 38.8. The van der Waals surface area contributed by atoms with Crippen molar-refractivity contribution in [2.75, 3.05) is 0 Å². The second-order valence-corrected chi connectivity index (χ2v) is 48.1. The zero-order valence-electron chi connectivity index (χ0n) is 81.1. The average Bonchev–Trinajstić information content (AvgIpc) is 1.38. The van der Waals surface area contributed by atoms with E-state index >= 15 is 0 Å². The van der Waals surface area contributed by atoms with Crippen molar-refractivity contribution in [2.45, 2.75) is 405 Å². The number of rotatable bonds is 20. The van der Waals surface area contributed by atoms with Crippen LogP contribution in [-0.2, 0) is 51.4 Å². The molecule has 0 aliphatic heterocycles. The molecule has 0 saturated heterocycles. The highest BCUT2D eigenvalue weighted by molar-refractivity contribution is 6.36. The van der Waals surface area contributed by atoms with Gasteiger partial charge in [-0.15, -0.1) is 0 Å². The molecule has 734 valence electrons. The number of nitrogens with one attached hydrogen (secondary N) is 4. The molecule has 4 aromatic heterocycles. The monoisotopic (exact) mass is 1980 g/mol. The molecule has 16 nitrogen and oxygen atoms in total. The van der Waals surface area contributed by atoms with E-state index in [-0.39, 0.29) is 40.6 Å². The van der Waals surface area contributed by atoms with Crippen molar-refractivity contribution in [3.05, 3.63) is 235 Å². The molecule has 4 atom stereocenters. The molecule has 138 heavy (non-hydrogen) atoms. The number of halogens is 6. The first kappa shape index (κ1) is 96.7. The van der Waals surface area contributed by atoms with E-state index in [0.717, 1.165) is 232 Å². The molecule has 4 amide bonds. The van der Waals surface area contributed by atoms with E-state index < -0.39 is 0 Å². The molecular formula is C116H144Cl6N12O4. The molecule has 22 heteroatoms. The topological polar surface area (TPSA) is 188 Å². The maximum absolute atomic E-state index is 14.1. The number of nitrogens with zero attached hydrogens (tertiary/aromatic N) is 8. The van der Waals surface area contributed by atoms with E-state index in [1.54, 1.807) is 6.07 Å². The lowest BCUT2D eigenvalue weighted by atomic mass is 9.53. The minimum absolute atomic E-state index is 0.0135. The van der Waals surface area contributed by atoms with Gasteiger partial charge in [0.15, 0.2) is 22.8 Å². The number of hydrogen-bond acceptors (Lipinski definition) is 8. The van der Waals surface area contributed by atoms with Crippen LogP contribution >= 0.6 is 69.6 Å². The Kier molecular flexibility index (Phi) is 30.3. The fourth-order valence-electron chi connectivity index (χ4n) is 29.6. The van der Waals surface area contributed by atoms with Crippen molar-refractivity contribution >= 4 is 93.2 Å². The molecule has 4 unspecified atom stereocenters. The lowest BCUT2D eigenvalue weighted by Gasteiger charge is -2.56. The van der Waals surface area contributed by atoms with Crippen molar-refractivity contribution in [3.8, 4) is 5.69 Å². The zero-order chi connectivity index (χ0) is 94.1. The van der Waals surface area contributed by atoms with Crippen LogP contribution in [0.1, 0.15) is 440 Å². The fraction of sp³-hybridized carbons (Fsp3) is 0.603. The van der Waals surface area contributed by atoms with E-state index in [4.69, 9.17) is 90.0 Å². The van der Waals surface area contributed by atoms with Crippen LogP contribution in [0.25, 0.3) is 5.69 Å². The normalized spacial score (nSPS) is 27.2. The Labute approximate surface area is 848 Å². The molecule has 8 bridgehead atoms. The highest BCUT2D eigenvalue weighted by Gasteiger charge is 2.54. The van der Waals surface area contributed by atoms with E-state index in [1.165, 1.54) is 242 Å². The van der Waals surface area contributed by atoms with Crippen LogP contribution in [0.2, 0.25) is 30.1 Å². The molecule has 17 aliphatic carbocycles. The summed E-state index contributed by atoms with van der Waals surface area (Å²) in [5, 5.41) is 38.5. The summed E-state index contributed by atoms with van der Waals surface area (Å²) in [7, 11) is 0. The van der Waals surface area contributed by atoms with Crippen molar-refractivity contribution in [2.24, 2.45) is 35.5 Å². The van der Waals surface area contributed by atoms with Gasteiger partial charge in [-0.1, -0.05) is 214 Å². The van der Waals surface area contributed by atoms with Gasteiger partial charge in [-0.05, 0) is 369 Å². The first-order valence-corrected chi connectivity index (χ1v) is 56.7. The molecule has 17 aliphatic rings. The molecule has 0 radical (unpaired) electrons. The number of carbonyl (C=O) groups is 4. The molecule has 13 fully saturated rings. The number of benzene rings is 5. The van der Waals surface area contributed by atoms with Crippen molar-refractivity contribution in [3.63, 3.8) is 0 Å². The number of fused-ring (bicyclic) bond motifs is 4. The maximum atomic E-state index is 14.1. The Bertz CT molecular complexity index is 5770. The summed E-state index contributed by atoms with van der Waals surface area (Å²) in [5.74, 6) is 6.31. The third-order valence-corrected chi connectivity index (χ3v) is 37.4. The second kappa shape index (κ2) is 43.2. The molecule has 4 N–H and O–H groups in total. The first-order chi connectivity index (χ1) is 67.3. The highest BCUT2D eigenvalue weighted by Crippen LogP contribution is 2.58. The van der Waals surface area contributed by atoms with Crippen LogP contribution in [0, 0.1) is 35.5 Å². The van der Waals surface area contributed by atoms with Crippen LogP contribution in [0.15, 0.2) is 115 Å². The third kappa shape index (κ3) is 21.6. The van der Waals surface area contributed by atoms with E-state index in [2.05, 4.69) is 77.8 Å². The Balaban J connectivity index is 0.000000110. The van der Waals surface area contributed by atoms with E-state index in [0.29, 0.717) is 75.1 Å². The van der Waals surface area contributed by atoms with Gasteiger partial charge in [0.25, 0.3) is 23.6 Å². The Morgan fingerprint density at radius 1 is 0.304 bits per heavy atom. The minimum Gasteiger partial charge on any atom is -0.348 e. The van der Waals surface area contributed by atoms with Gasteiger partial charge in [0.2, 0.25) is 0 Å². The molecule has 26 rings (SSSR count). The first-order valence-electron chi connectivity index (χ1n) is 54.5. The van der Waals surface area contributed by atoms with Crippen LogP contribution in [0.3, 0.4) is 0 Å². The van der Waals surface area contributed by atoms with Crippen LogP contribution in [0.5, 0.6) is 0 Å². The second-order valence-electron chi connectivity index (χ2n) is 45.6. The molecule has 13 saturated carbocycles. The van der Waals surface area contributed by atoms with E-state index in [9.17, 15) is 19.2 Å². The van der Waals surface area contributed by atoms with Gasteiger partial charge in [-0.3, -0.25) is 33.2 Å². The average molecular weight is 1980 g/mol. The van der Waals surface area contributed by atoms with Crippen LogP contribution in [0.4, 0.5) is 0 Å². The molecule has 9 aromatic rings. The van der Waals surface area contributed by atoms with E-state index in [1.807, 2.05) is 71.4 Å². The Morgan fingerprint density at radius 2 is 0.630 bits per heavy atom. The summed E-state index contributed by atoms with van der Waals surface area (Å²) in [5.41, 5.74) is 18.3. The Morgan fingerprint density at radius 3 is 0.978 bits per heavy atom. The lowest BCUT2D eigenvalue weighted by molar-refractivity contribution is -0.0172. The largest absolute Gasteiger partial charge is 0.348 e. The number of carbonyl (C=O) groups excluding carboxylic acids is 4. The van der Waals surface area contributed by atoms with Gasteiger partial charge in [-0.2, -0.15) is 20.4 Å². The molecule has 5 aromatic carbocycles. The SMILES string of the molecule is O=C(NC12CC3CC(CC(C3)C1)C2)c1nn(-c2ccc(Cl)cc2Cl)c2c1CCCCC2Cc1cccc(Cl)c1.O=C(NC12CC3CC(CC(C3)C1)C2)c1nn(C2CCCCC2)c2c1CCCCC2Cc1ccccc1Cl.O=C(NC1CCC1)c1nn(C2CCCCC2)c2c1CCCCC2Cc1cccc(Cl)c1.O=C(NC1CCC1)c1nn(C2CCCCC2)c2c1CCCCC2Cc1ccccc1Cl. The number of hydrogen-bond donors (Lipinski definition) is 4. The van der Waals surface area contributed by atoms with Gasteiger partial charge >= 0.3 is 0 Å². The number of aromatic nitrogens is 8. The van der Waals surface area contributed by atoms with Crippen molar-refractivity contribution < 1.29 is 19.2 Å². The standard InChI is InChI=1S/C32H34Cl3N3O.C32H42ClN3O.2C26H34ClN3O/c33-24-6-3-4-19(14-24)13-23-5-1-2-7-26-29(37-38(30(23)26)28-9-8-25(34)15-27(28)35)31(39)36-32-16-20-10-21(17-32)12-22(11-20)18-32;33-28-13-7-5-8-24(28)17-25-9-4-6-12-27-29(35-36(30(25)27)26-10-2-1-3-11-26)31(37)34-32-18-21-14-22(19-32)16-23(15-21)20-32;27-23-16-7-5-9-18(23)17-19-10-4-6-15-22-24(26(31)28-20-11-8-12-20)29-30(25(19)22)21-13-2-1-3-14-21;27-20-10-6-8-18(17-20)16-19-9-4-5-15-23-24(26(31)28-21-11-7-12-21)29-30(25(19)23)22-13-2-1-3-14-22/h3-4,6,8-9,14-15,20-23H,1-2,5,7,10-13,16-18H2,(H,36,39);5,7-8,13,21-23,25-26H,1-4,6,9-12,14-20H2,(H,34,37);5,7,9,16,19-21H,1-4,6,8,10-15,17H2,(H,28,31);6,8,10,17,19,21-22H,1-5,7,9,11-16H2,(H,28,31). The summed E-state index contributed by atoms with van der Waals surface area (Å²) in [4.78, 5) is 54.7. The predicted molar refractivity (Wildman–Crippen MR) is 555 cm³/mol. The van der Waals surface area contributed by atoms with Gasteiger partial charge in [0.05, 0.1) is 34.5 Å². The number of amides is 4. The van der Waals surface area contributed by atoms with Crippen LogP contribution in [-0.4, -0.2) is 85.9 Å². The van der Waals surface area contributed by atoms with Gasteiger partial charge in [0, 0.05) is 111 Å². The summed E-state index contributed by atoms with van der Waals surface area (Å²) < 4.78 is 8.92. The fourth-order valence-corrected chi connectivity index (χ4v) is 30.9. The van der Waals surface area contributed by atoms with Gasteiger partial charge in [0.1, 0.15) is 0 Å². The zero-order valence-corrected chi connectivity index (χ0v) is 85.6. The summed E-state index contributed by atoms with van der Waals surface area (Å²) in [6, 6.07) is 40.4. The van der Waals surface area contributed by atoms with Gasteiger partial charge < -0.3 is 21.3 Å². The molecule has 4 heterocycles. The highest BCUT2D eigenvalue weighted by atomic mass is 35.5. The maximum Gasteiger partial charge on any atom is 0.272 e. The summed E-state index contributed by atoms with van der Waals surface area (Å²) in [6.07, 6.45) is 61.7. The van der Waals surface area contributed by atoms with Gasteiger partial charge in [-0.25, -0.2) is 4.68 Å². The summed E-state index contributed by atoms with van der Waals surface area (Å²) in [6.45, 7) is 0. The smallest absolute Gasteiger partial charge is 0.272 e. The minimum atomic E-state index is -0.0642. The molecule has 0 spiro atoms. The Hall–Kier alpha value is -7.44. The quantitative estimate of drug-likeness (QED) is 0.0543. The lowest BCUT2D eigenvalue weighted by Crippen LogP contribution is -2.60.